The van der Waals surface area contributed by atoms with Crippen molar-refractivity contribution in [2.24, 2.45) is 0 Å². The largest absolute Gasteiger partial charge is 0.465 e. The molecule has 1 fully saturated rings. The average Bonchev–Trinajstić information content (AvgIpc) is 2.97. The molecule has 0 radical (unpaired) electrons. The molecule has 0 spiro atoms. The summed E-state index contributed by atoms with van der Waals surface area (Å²) in [6, 6.07) is 9.02. The molecule has 5 nitrogen and oxygen atoms in total. The lowest BCUT2D eigenvalue weighted by atomic mass is 10.1. The number of piperazine rings is 1. The van der Waals surface area contributed by atoms with Crippen LogP contribution in [-0.2, 0) is 4.79 Å². The number of rotatable bonds is 3. The fraction of sp³-hybridized carbons (Fsp3) is 0.368. The quantitative estimate of drug-likeness (QED) is 0.835. The van der Waals surface area contributed by atoms with Crippen molar-refractivity contribution < 1.29 is 14.0 Å². The minimum Gasteiger partial charge on any atom is -0.465 e. The van der Waals surface area contributed by atoms with Crippen molar-refractivity contribution in [1.29, 1.82) is 0 Å². The highest BCUT2D eigenvalue weighted by molar-refractivity contribution is 6.33. The van der Waals surface area contributed by atoms with Crippen LogP contribution in [0.4, 0.5) is 5.69 Å². The lowest BCUT2D eigenvalue weighted by Crippen LogP contribution is -2.52. The van der Waals surface area contributed by atoms with Crippen LogP contribution in [0.1, 0.15) is 41.6 Å². The molecular formula is C19H21ClN2O3. The van der Waals surface area contributed by atoms with Crippen LogP contribution in [0.25, 0.3) is 0 Å². The van der Waals surface area contributed by atoms with Gasteiger partial charge in [0.1, 0.15) is 18.1 Å². The monoisotopic (exact) mass is 360 g/mol. The van der Waals surface area contributed by atoms with E-state index < -0.39 is 0 Å². The molecule has 2 aromatic rings. The van der Waals surface area contributed by atoms with Gasteiger partial charge in [-0.15, -0.1) is 0 Å². The molecule has 0 N–H and O–H groups in total. The topological polar surface area (TPSA) is 53.8 Å². The van der Waals surface area contributed by atoms with Crippen molar-refractivity contribution in [3.05, 3.63) is 52.4 Å². The molecule has 1 aliphatic rings. The number of halogens is 1. The number of hydrogen-bond acceptors (Lipinski definition) is 3. The van der Waals surface area contributed by atoms with Crippen molar-refractivity contribution in [3.8, 4) is 0 Å². The Bertz CT molecular complexity index is 813. The molecule has 132 valence electrons. The number of aryl methyl sites for hydroxylation is 1. The first-order chi connectivity index (χ1) is 11.9. The standard InChI is InChI=1S/C19H21ClN2O3/c1-12(2)17-10-14(13(3)25-17)19(24)21-8-9-22(18(23)11-21)16-7-5-4-6-15(16)20/h4-7,10,12H,8-9,11H2,1-3H3. The fourth-order valence-corrected chi connectivity index (χ4v) is 3.18. The number of amides is 2. The van der Waals surface area contributed by atoms with Crippen LogP contribution < -0.4 is 4.90 Å². The van der Waals surface area contributed by atoms with Gasteiger partial charge < -0.3 is 14.2 Å². The normalized spacial score (nSPS) is 15.2. The zero-order valence-electron chi connectivity index (χ0n) is 14.6. The van der Waals surface area contributed by atoms with Crippen LogP contribution in [0, 0.1) is 6.92 Å². The van der Waals surface area contributed by atoms with E-state index >= 15 is 0 Å². The SMILES string of the molecule is Cc1oc(C(C)C)cc1C(=O)N1CCN(c2ccccc2Cl)C(=O)C1. The first-order valence-corrected chi connectivity index (χ1v) is 8.70. The van der Waals surface area contributed by atoms with Gasteiger partial charge in [0.05, 0.1) is 16.3 Å². The van der Waals surface area contributed by atoms with Gasteiger partial charge in [-0.1, -0.05) is 37.6 Å². The minimum absolute atomic E-state index is 0.0334. The van der Waals surface area contributed by atoms with E-state index in [0.717, 1.165) is 5.76 Å². The van der Waals surface area contributed by atoms with Crippen molar-refractivity contribution in [1.82, 2.24) is 4.90 Å². The average molecular weight is 361 g/mol. The Kier molecular flexibility index (Phi) is 4.86. The second-order valence-electron chi connectivity index (χ2n) is 6.50. The smallest absolute Gasteiger partial charge is 0.257 e. The van der Waals surface area contributed by atoms with Crippen molar-refractivity contribution in [2.45, 2.75) is 26.7 Å². The van der Waals surface area contributed by atoms with Crippen molar-refractivity contribution in [2.75, 3.05) is 24.5 Å². The van der Waals surface area contributed by atoms with Gasteiger partial charge in [0.2, 0.25) is 5.91 Å². The summed E-state index contributed by atoms with van der Waals surface area (Å²) < 4.78 is 5.66. The van der Waals surface area contributed by atoms with Crippen molar-refractivity contribution in [3.63, 3.8) is 0 Å². The molecule has 0 bridgehead atoms. The maximum Gasteiger partial charge on any atom is 0.257 e. The molecule has 2 heterocycles. The molecule has 1 aromatic carbocycles. The van der Waals surface area contributed by atoms with Gasteiger partial charge in [-0.05, 0) is 25.1 Å². The highest BCUT2D eigenvalue weighted by atomic mass is 35.5. The number of anilines is 1. The summed E-state index contributed by atoms with van der Waals surface area (Å²) in [7, 11) is 0. The zero-order valence-corrected chi connectivity index (χ0v) is 15.3. The second kappa shape index (κ2) is 6.92. The molecule has 2 amide bonds. The van der Waals surface area contributed by atoms with Gasteiger partial charge in [0.15, 0.2) is 0 Å². The fourth-order valence-electron chi connectivity index (χ4n) is 2.94. The molecule has 0 aliphatic carbocycles. The number of furan rings is 1. The summed E-state index contributed by atoms with van der Waals surface area (Å²) >= 11 is 6.18. The third-order valence-electron chi connectivity index (χ3n) is 4.39. The molecule has 25 heavy (non-hydrogen) atoms. The number of carbonyl (C=O) groups excluding carboxylic acids is 2. The highest BCUT2D eigenvalue weighted by Gasteiger charge is 2.31. The van der Waals surface area contributed by atoms with Gasteiger partial charge in [0, 0.05) is 19.0 Å². The van der Waals surface area contributed by atoms with E-state index in [9.17, 15) is 9.59 Å². The number of benzene rings is 1. The number of hydrogen-bond donors (Lipinski definition) is 0. The highest BCUT2D eigenvalue weighted by Crippen LogP contribution is 2.28. The Morgan fingerprint density at radius 2 is 1.96 bits per heavy atom. The third-order valence-corrected chi connectivity index (χ3v) is 4.71. The summed E-state index contributed by atoms with van der Waals surface area (Å²) in [6.45, 7) is 6.71. The lowest BCUT2D eigenvalue weighted by molar-refractivity contribution is -0.120. The molecule has 0 unspecified atom stereocenters. The number of carbonyl (C=O) groups is 2. The number of para-hydroxylation sites is 1. The van der Waals surface area contributed by atoms with Crippen LogP contribution >= 0.6 is 11.6 Å². The van der Waals surface area contributed by atoms with Gasteiger partial charge in [-0.3, -0.25) is 9.59 Å². The van der Waals surface area contributed by atoms with E-state index in [1.54, 1.807) is 28.9 Å². The molecule has 6 heteroatoms. The maximum absolute atomic E-state index is 12.8. The van der Waals surface area contributed by atoms with Gasteiger partial charge >= 0.3 is 0 Å². The van der Waals surface area contributed by atoms with E-state index in [4.69, 9.17) is 16.0 Å². The Hall–Kier alpha value is -2.27. The molecule has 0 atom stereocenters. The molecule has 1 aliphatic heterocycles. The van der Waals surface area contributed by atoms with E-state index in [-0.39, 0.29) is 24.3 Å². The first-order valence-electron chi connectivity index (χ1n) is 8.33. The second-order valence-corrected chi connectivity index (χ2v) is 6.90. The molecule has 3 rings (SSSR count). The Morgan fingerprint density at radius 1 is 1.24 bits per heavy atom. The molecule has 1 saturated heterocycles. The summed E-state index contributed by atoms with van der Waals surface area (Å²) in [4.78, 5) is 28.5. The lowest BCUT2D eigenvalue weighted by Gasteiger charge is -2.34. The predicted molar refractivity (Wildman–Crippen MR) is 97.2 cm³/mol. The minimum atomic E-state index is -0.166. The van der Waals surface area contributed by atoms with Gasteiger partial charge in [0.25, 0.3) is 5.91 Å². The number of nitrogens with zero attached hydrogens (tertiary/aromatic N) is 2. The summed E-state index contributed by atoms with van der Waals surface area (Å²) in [5.41, 5.74) is 1.21. The van der Waals surface area contributed by atoms with E-state index in [2.05, 4.69) is 0 Å². The first kappa shape index (κ1) is 17.5. The predicted octanol–water partition coefficient (Wildman–Crippen LogP) is 3.85. The van der Waals surface area contributed by atoms with Gasteiger partial charge in [-0.2, -0.15) is 0 Å². The molecule has 1 aromatic heterocycles. The van der Waals surface area contributed by atoms with Crippen LogP contribution in [0.2, 0.25) is 5.02 Å². The Labute approximate surface area is 152 Å². The van der Waals surface area contributed by atoms with Crippen LogP contribution in [0.3, 0.4) is 0 Å². The summed E-state index contributed by atoms with van der Waals surface area (Å²) in [5.74, 6) is 1.27. The van der Waals surface area contributed by atoms with Crippen LogP contribution in [-0.4, -0.2) is 36.3 Å². The van der Waals surface area contributed by atoms with E-state index in [1.165, 1.54) is 0 Å². The summed E-state index contributed by atoms with van der Waals surface area (Å²) in [5, 5.41) is 0.530. The zero-order chi connectivity index (χ0) is 18.1. The summed E-state index contributed by atoms with van der Waals surface area (Å²) in [6.07, 6.45) is 0. The Morgan fingerprint density at radius 3 is 2.56 bits per heavy atom. The van der Waals surface area contributed by atoms with Crippen molar-refractivity contribution >= 4 is 29.1 Å². The molecular weight excluding hydrogens is 340 g/mol. The maximum atomic E-state index is 12.8. The van der Waals surface area contributed by atoms with E-state index in [1.807, 2.05) is 32.0 Å². The molecule has 0 saturated carbocycles. The van der Waals surface area contributed by atoms with Crippen LogP contribution in [0.15, 0.2) is 34.7 Å². The Balaban J connectivity index is 1.76. The van der Waals surface area contributed by atoms with Gasteiger partial charge in [-0.25, -0.2) is 0 Å². The third kappa shape index (κ3) is 3.42. The van der Waals surface area contributed by atoms with Crippen LogP contribution in [0.5, 0.6) is 0 Å². The van der Waals surface area contributed by atoms with E-state index in [0.29, 0.717) is 35.1 Å².